The molecule has 1 heteroatoms. The summed E-state index contributed by atoms with van der Waals surface area (Å²) in [6.45, 7) is 3.36. The van der Waals surface area contributed by atoms with Crippen LogP contribution in [0.5, 0.6) is 0 Å². The third kappa shape index (κ3) is 2.23. The van der Waals surface area contributed by atoms with Gasteiger partial charge < -0.3 is 4.57 Å². The van der Waals surface area contributed by atoms with Crippen molar-refractivity contribution in [3.63, 3.8) is 0 Å². The summed E-state index contributed by atoms with van der Waals surface area (Å²) in [5.41, 5.74) is 6.37. The standard InChI is InChI=1S/C20H25N/c1-2-7-17-13-19-18-11-6-10-16(18)12-20(19)21(17)14-15-8-4-3-5-9-15/h3-5,8-9,13,16,18H,2,6-7,10-12,14H2,1H3/t16-,18-/m0/s1. The van der Waals surface area contributed by atoms with Gasteiger partial charge >= 0.3 is 0 Å². The van der Waals surface area contributed by atoms with Crippen LogP contribution in [0, 0.1) is 5.92 Å². The highest BCUT2D eigenvalue weighted by Crippen LogP contribution is 2.49. The van der Waals surface area contributed by atoms with Crippen LogP contribution in [0.1, 0.15) is 61.0 Å². The molecule has 2 atom stereocenters. The van der Waals surface area contributed by atoms with Crippen LogP contribution in [-0.2, 0) is 19.4 Å². The Labute approximate surface area is 128 Å². The van der Waals surface area contributed by atoms with E-state index in [-0.39, 0.29) is 0 Å². The second-order valence-electron chi connectivity index (χ2n) is 6.86. The summed E-state index contributed by atoms with van der Waals surface area (Å²) in [6, 6.07) is 13.5. The molecule has 0 spiro atoms. The van der Waals surface area contributed by atoms with E-state index in [9.17, 15) is 0 Å². The molecule has 4 rings (SSSR count). The van der Waals surface area contributed by atoms with Crippen molar-refractivity contribution in [2.75, 3.05) is 0 Å². The van der Waals surface area contributed by atoms with Crippen LogP contribution >= 0.6 is 0 Å². The van der Waals surface area contributed by atoms with Crippen molar-refractivity contribution in [3.05, 3.63) is 58.9 Å². The zero-order chi connectivity index (χ0) is 14.2. The summed E-state index contributed by atoms with van der Waals surface area (Å²) in [4.78, 5) is 0. The lowest BCUT2D eigenvalue weighted by atomic mass is 9.96. The molecule has 2 aliphatic rings. The van der Waals surface area contributed by atoms with Crippen molar-refractivity contribution in [2.45, 2.75) is 57.9 Å². The lowest BCUT2D eigenvalue weighted by Crippen LogP contribution is -2.09. The second-order valence-corrected chi connectivity index (χ2v) is 6.86. The van der Waals surface area contributed by atoms with E-state index in [0.29, 0.717) is 0 Å². The maximum absolute atomic E-state index is 2.65. The number of hydrogen-bond donors (Lipinski definition) is 0. The first-order chi connectivity index (χ1) is 10.4. The van der Waals surface area contributed by atoms with Gasteiger partial charge in [0.1, 0.15) is 0 Å². The van der Waals surface area contributed by atoms with Crippen molar-refractivity contribution in [2.24, 2.45) is 5.92 Å². The van der Waals surface area contributed by atoms with Crippen molar-refractivity contribution in [1.29, 1.82) is 0 Å². The molecule has 1 aromatic carbocycles. The molecule has 1 heterocycles. The Kier molecular flexibility index (Phi) is 3.37. The number of aryl methyl sites for hydroxylation is 1. The van der Waals surface area contributed by atoms with Crippen molar-refractivity contribution >= 4 is 0 Å². The molecule has 2 aliphatic carbocycles. The maximum atomic E-state index is 2.65. The van der Waals surface area contributed by atoms with Gasteiger partial charge in [-0.1, -0.05) is 50.1 Å². The lowest BCUT2D eigenvalue weighted by molar-refractivity contribution is 0.514. The number of benzene rings is 1. The highest BCUT2D eigenvalue weighted by Gasteiger charge is 2.38. The predicted molar refractivity (Wildman–Crippen MR) is 87.8 cm³/mol. The molecule has 0 N–H and O–H groups in total. The fourth-order valence-electron chi connectivity index (χ4n) is 4.58. The van der Waals surface area contributed by atoms with Crippen LogP contribution in [0.4, 0.5) is 0 Å². The van der Waals surface area contributed by atoms with Crippen molar-refractivity contribution in [3.8, 4) is 0 Å². The van der Waals surface area contributed by atoms with Gasteiger partial charge in [0.05, 0.1) is 0 Å². The van der Waals surface area contributed by atoms with Gasteiger partial charge in [-0.3, -0.25) is 0 Å². The summed E-state index contributed by atoms with van der Waals surface area (Å²) in [6.07, 6.45) is 8.12. The number of aromatic nitrogens is 1. The van der Waals surface area contributed by atoms with Crippen LogP contribution in [-0.4, -0.2) is 4.57 Å². The fraction of sp³-hybridized carbons (Fsp3) is 0.500. The molecule has 110 valence electrons. The SMILES string of the molecule is CCCc1cc2c(n1Cc1ccccc1)C[C@@H]1CCC[C@H]21. The van der Waals surface area contributed by atoms with Gasteiger partial charge in [0.25, 0.3) is 0 Å². The Morgan fingerprint density at radius 2 is 2.00 bits per heavy atom. The van der Waals surface area contributed by atoms with Gasteiger partial charge in [0.2, 0.25) is 0 Å². The van der Waals surface area contributed by atoms with Gasteiger partial charge in [0.15, 0.2) is 0 Å². The molecule has 0 radical (unpaired) electrons. The summed E-state index contributed by atoms with van der Waals surface area (Å²) in [5, 5.41) is 0. The zero-order valence-corrected chi connectivity index (χ0v) is 13.0. The first-order valence-electron chi connectivity index (χ1n) is 8.62. The Morgan fingerprint density at radius 3 is 2.81 bits per heavy atom. The average Bonchev–Trinajstić information content (AvgIpc) is 3.15. The third-order valence-corrected chi connectivity index (χ3v) is 5.53. The van der Waals surface area contributed by atoms with Crippen molar-refractivity contribution in [1.82, 2.24) is 4.57 Å². The average molecular weight is 279 g/mol. The summed E-state index contributed by atoms with van der Waals surface area (Å²) < 4.78 is 2.65. The van der Waals surface area contributed by atoms with E-state index in [1.54, 1.807) is 17.0 Å². The monoisotopic (exact) mass is 279 g/mol. The predicted octanol–water partition coefficient (Wildman–Crippen LogP) is 4.93. The molecule has 1 fully saturated rings. The third-order valence-electron chi connectivity index (χ3n) is 5.53. The van der Waals surface area contributed by atoms with Crippen LogP contribution in [0.15, 0.2) is 36.4 Å². The normalized spacial score (nSPS) is 23.3. The zero-order valence-electron chi connectivity index (χ0n) is 13.0. The van der Waals surface area contributed by atoms with Gasteiger partial charge in [-0.05, 0) is 54.7 Å². The number of rotatable bonds is 4. The lowest BCUT2D eigenvalue weighted by Gasteiger charge is -2.14. The first-order valence-corrected chi connectivity index (χ1v) is 8.62. The van der Waals surface area contributed by atoms with Gasteiger partial charge in [0, 0.05) is 17.9 Å². The van der Waals surface area contributed by atoms with Gasteiger partial charge in [-0.2, -0.15) is 0 Å². The van der Waals surface area contributed by atoms with E-state index in [4.69, 9.17) is 0 Å². The largest absolute Gasteiger partial charge is 0.344 e. The minimum Gasteiger partial charge on any atom is -0.344 e. The topological polar surface area (TPSA) is 4.93 Å². The molecular weight excluding hydrogens is 254 g/mol. The van der Waals surface area contributed by atoms with E-state index in [2.05, 4.69) is 47.9 Å². The summed E-state index contributed by atoms with van der Waals surface area (Å²) >= 11 is 0. The van der Waals surface area contributed by atoms with Crippen LogP contribution in [0.25, 0.3) is 0 Å². The molecule has 21 heavy (non-hydrogen) atoms. The number of hydrogen-bond acceptors (Lipinski definition) is 0. The van der Waals surface area contributed by atoms with Gasteiger partial charge in [-0.15, -0.1) is 0 Å². The van der Waals surface area contributed by atoms with E-state index in [1.807, 2.05) is 0 Å². The maximum Gasteiger partial charge on any atom is 0.0475 e. The minimum absolute atomic E-state index is 0.882. The molecule has 0 unspecified atom stereocenters. The number of fused-ring (bicyclic) bond motifs is 3. The molecular formula is C20H25N. The fourth-order valence-corrected chi connectivity index (χ4v) is 4.58. The quantitative estimate of drug-likeness (QED) is 0.748. The molecule has 0 saturated heterocycles. The Morgan fingerprint density at radius 1 is 1.14 bits per heavy atom. The van der Waals surface area contributed by atoms with E-state index in [0.717, 1.165) is 18.4 Å². The molecule has 0 aliphatic heterocycles. The smallest absolute Gasteiger partial charge is 0.0475 e. The van der Waals surface area contributed by atoms with E-state index in [1.165, 1.54) is 44.1 Å². The molecule has 0 bridgehead atoms. The Hall–Kier alpha value is -1.50. The minimum atomic E-state index is 0.882. The van der Waals surface area contributed by atoms with Crippen LogP contribution < -0.4 is 0 Å². The summed E-state index contributed by atoms with van der Waals surface area (Å²) in [7, 11) is 0. The highest BCUT2D eigenvalue weighted by atomic mass is 15.0. The van der Waals surface area contributed by atoms with Crippen molar-refractivity contribution < 1.29 is 0 Å². The van der Waals surface area contributed by atoms with E-state index < -0.39 is 0 Å². The Bertz CT molecular complexity index is 623. The molecule has 1 aromatic heterocycles. The van der Waals surface area contributed by atoms with Crippen LogP contribution in [0.2, 0.25) is 0 Å². The number of nitrogens with zero attached hydrogens (tertiary/aromatic N) is 1. The molecule has 0 amide bonds. The Balaban J connectivity index is 1.71. The molecule has 1 nitrogen and oxygen atoms in total. The highest BCUT2D eigenvalue weighted by molar-refractivity contribution is 5.39. The van der Waals surface area contributed by atoms with Gasteiger partial charge in [-0.25, -0.2) is 0 Å². The molecule has 2 aromatic rings. The first kappa shape index (κ1) is 13.2. The second kappa shape index (κ2) is 5.36. The van der Waals surface area contributed by atoms with Crippen LogP contribution in [0.3, 0.4) is 0 Å². The summed E-state index contributed by atoms with van der Waals surface area (Å²) in [5.74, 6) is 1.83. The molecule has 1 saturated carbocycles. The van der Waals surface area contributed by atoms with E-state index >= 15 is 0 Å².